The summed E-state index contributed by atoms with van der Waals surface area (Å²) >= 11 is 0. The highest BCUT2D eigenvalue weighted by Gasteiger charge is 2.22. The fourth-order valence-corrected chi connectivity index (χ4v) is 1.75. The van der Waals surface area contributed by atoms with Crippen molar-refractivity contribution in [2.45, 2.75) is 59.5 Å². The standard InChI is InChI=1S/C12H25NO2/c1-6-10(9(4)5)13-11(12(14)15)7-8(2)3/h8-11,13H,6-7H2,1-5H3,(H,14,15). The molecule has 0 saturated heterocycles. The van der Waals surface area contributed by atoms with Crippen molar-refractivity contribution >= 4 is 5.97 Å². The van der Waals surface area contributed by atoms with Crippen molar-refractivity contribution in [1.29, 1.82) is 0 Å². The molecule has 0 bridgehead atoms. The molecule has 0 fully saturated rings. The lowest BCUT2D eigenvalue weighted by Gasteiger charge is -2.26. The van der Waals surface area contributed by atoms with Crippen LogP contribution in [0.2, 0.25) is 0 Å². The first-order valence-electron chi connectivity index (χ1n) is 5.87. The van der Waals surface area contributed by atoms with Gasteiger partial charge in [-0.15, -0.1) is 0 Å². The van der Waals surface area contributed by atoms with Gasteiger partial charge < -0.3 is 10.4 Å². The van der Waals surface area contributed by atoms with Gasteiger partial charge in [0.05, 0.1) is 0 Å². The lowest BCUT2D eigenvalue weighted by atomic mass is 9.97. The molecule has 0 saturated carbocycles. The van der Waals surface area contributed by atoms with Crippen LogP contribution < -0.4 is 5.32 Å². The van der Waals surface area contributed by atoms with E-state index in [0.717, 1.165) is 6.42 Å². The Kier molecular flexibility index (Phi) is 6.57. The first-order valence-corrected chi connectivity index (χ1v) is 5.87. The number of nitrogens with one attached hydrogen (secondary N) is 1. The van der Waals surface area contributed by atoms with Crippen LogP contribution in [0.25, 0.3) is 0 Å². The molecule has 0 rings (SSSR count). The lowest BCUT2D eigenvalue weighted by molar-refractivity contribution is -0.140. The van der Waals surface area contributed by atoms with Gasteiger partial charge in [0.25, 0.3) is 0 Å². The lowest BCUT2D eigenvalue weighted by Crippen LogP contribution is -2.46. The minimum atomic E-state index is -0.734. The summed E-state index contributed by atoms with van der Waals surface area (Å²) in [6, 6.07) is -0.109. The van der Waals surface area contributed by atoms with Crippen LogP contribution in [0.4, 0.5) is 0 Å². The molecule has 0 aromatic carbocycles. The number of carboxylic acid groups (broad SMARTS) is 1. The van der Waals surface area contributed by atoms with E-state index in [9.17, 15) is 4.79 Å². The first kappa shape index (κ1) is 14.4. The Bertz CT molecular complexity index is 190. The largest absolute Gasteiger partial charge is 0.480 e. The number of hydrogen-bond donors (Lipinski definition) is 2. The van der Waals surface area contributed by atoms with Crippen molar-refractivity contribution in [1.82, 2.24) is 5.32 Å². The molecule has 0 aromatic rings. The van der Waals surface area contributed by atoms with Crippen molar-refractivity contribution in [3.63, 3.8) is 0 Å². The summed E-state index contributed by atoms with van der Waals surface area (Å²) < 4.78 is 0. The van der Waals surface area contributed by atoms with Crippen LogP contribution in [0.5, 0.6) is 0 Å². The molecule has 3 heteroatoms. The van der Waals surface area contributed by atoms with E-state index in [1.54, 1.807) is 0 Å². The van der Waals surface area contributed by atoms with Gasteiger partial charge in [-0.25, -0.2) is 0 Å². The van der Waals surface area contributed by atoms with Gasteiger partial charge in [0.1, 0.15) is 6.04 Å². The Morgan fingerprint density at radius 1 is 1.27 bits per heavy atom. The van der Waals surface area contributed by atoms with E-state index in [0.29, 0.717) is 24.3 Å². The van der Waals surface area contributed by atoms with Gasteiger partial charge in [-0.05, 0) is 24.7 Å². The second-order valence-electron chi connectivity index (χ2n) is 4.95. The molecule has 15 heavy (non-hydrogen) atoms. The van der Waals surface area contributed by atoms with E-state index < -0.39 is 12.0 Å². The molecule has 0 spiro atoms. The number of carbonyl (C=O) groups is 1. The average molecular weight is 215 g/mol. The van der Waals surface area contributed by atoms with Gasteiger partial charge in [0.2, 0.25) is 0 Å². The Morgan fingerprint density at radius 3 is 2.07 bits per heavy atom. The second-order valence-corrected chi connectivity index (χ2v) is 4.95. The molecule has 2 atom stereocenters. The third-order valence-corrected chi connectivity index (χ3v) is 2.67. The maximum Gasteiger partial charge on any atom is 0.320 e. The second kappa shape index (κ2) is 6.83. The molecule has 0 aliphatic rings. The topological polar surface area (TPSA) is 49.3 Å². The molecule has 0 aromatic heterocycles. The van der Waals surface area contributed by atoms with E-state index in [4.69, 9.17) is 5.11 Å². The maximum atomic E-state index is 11.0. The van der Waals surface area contributed by atoms with Crippen molar-refractivity contribution in [2.75, 3.05) is 0 Å². The highest BCUT2D eigenvalue weighted by Crippen LogP contribution is 2.11. The van der Waals surface area contributed by atoms with E-state index in [2.05, 4.69) is 26.1 Å². The summed E-state index contributed by atoms with van der Waals surface area (Å²) in [7, 11) is 0. The molecule has 0 aliphatic heterocycles. The van der Waals surface area contributed by atoms with Crippen molar-refractivity contribution < 1.29 is 9.90 Å². The normalized spacial score (nSPS) is 15.7. The smallest absolute Gasteiger partial charge is 0.320 e. The predicted octanol–water partition coefficient (Wildman–Crippen LogP) is 2.51. The zero-order valence-corrected chi connectivity index (χ0v) is 10.6. The summed E-state index contributed by atoms with van der Waals surface area (Å²) in [6.45, 7) is 10.4. The fourth-order valence-electron chi connectivity index (χ4n) is 1.75. The fraction of sp³-hybridized carbons (Fsp3) is 0.917. The molecule has 0 radical (unpaired) electrons. The van der Waals surface area contributed by atoms with Gasteiger partial charge in [-0.3, -0.25) is 4.79 Å². The highest BCUT2D eigenvalue weighted by molar-refractivity contribution is 5.73. The van der Waals surface area contributed by atoms with E-state index in [1.807, 2.05) is 13.8 Å². The van der Waals surface area contributed by atoms with Crippen LogP contribution in [0, 0.1) is 11.8 Å². The summed E-state index contributed by atoms with van der Waals surface area (Å²) in [5.74, 6) is 0.148. The summed E-state index contributed by atoms with van der Waals surface area (Å²) in [5.41, 5.74) is 0. The average Bonchev–Trinajstić information content (AvgIpc) is 2.10. The first-order chi connectivity index (χ1) is 6.88. The molecule has 90 valence electrons. The minimum Gasteiger partial charge on any atom is -0.480 e. The van der Waals surface area contributed by atoms with Crippen LogP contribution in [-0.4, -0.2) is 23.2 Å². The Balaban J connectivity index is 4.32. The zero-order valence-electron chi connectivity index (χ0n) is 10.6. The Labute approximate surface area is 93.3 Å². The molecule has 0 heterocycles. The van der Waals surface area contributed by atoms with Crippen molar-refractivity contribution in [3.05, 3.63) is 0 Å². The molecule has 2 unspecified atom stereocenters. The van der Waals surface area contributed by atoms with Crippen molar-refractivity contribution in [3.8, 4) is 0 Å². The Morgan fingerprint density at radius 2 is 1.80 bits per heavy atom. The van der Waals surface area contributed by atoms with Gasteiger partial charge in [-0.1, -0.05) is 34.6 Å². The van der Waals surface area contributed by atoms with Crippen LogP contribution >= 0.6 is 0 Å². The van der Waals surface area contributed by atoms with E-state index in [1.165, 1.54) is 0 Å². The van der Waals surface area contributed by atoms with E-state index in [-0.39, 0.29) is 0 Å². The van der Waals surface area contributed by atoms with Crippen LogP contribution in [-0.2, 0) is 4.79 Å². The quantitative estimate of drug-likeness (QED) is 0.686. The summed E-state index contributed by atoms with van der Waals surface area (Å²) in [5, 5.41) is 12.3. The maximum absolute atomic E-state index is 11.0. The summed E-state index contributed by atoms with van der Waals surface area (Å²) in [4.78, 5) is 11.0. The molecule has 2 N–H and O–H groups in total. The third-order valence-electron chi connectivity index (χ3n) is 2.67. The van der Waals surface area contributed by atoms with Gasteiger partial charge in [-0.2, -0.15) is 0 Å². The van der Waals surface area contributed by atoms with Gasteiger partial charge in [0.15, 0.2) is 0 Å². The number of carboxylic acids is 1. The van der Waals surface area contributed by atoms with E-state index >= 15 is 0 Å². The molecular weight excluding hydrogens is 190 g/mol. The van der Waals surface area contributed by atoms with Crippen LogP contribution in [0.1, 0.15) is 47.5 Å². The molecule has 3 nitrogen and oxygen atoms in total. The van der Waals surface area contributed by atoms with Crippen LogP contribution in [0.15, 0.2) is 0 Å². The predicted molar refractivity (Wildman–Crippen MR) is 62.9 cm³/mol. The monoisotopic (exact) mass is 215 g/mol. The van der Waals surface area contributed by atoms with Gasteiger partial charge >= 0.3 is 5.97 Å². The SMILES string of the molecule is CCC(NC(CC(C)C)C(=O)O)C(C)C. The highest BCUT2D eigenvalue weighted by atomic mass is 16.4. The van der Waals surface area contributed by atoms with Crippen LogP contribution in [0.3, 0.4) is 0 Å². The third kappa shape index (κ3) is 5.78. The molecular formula is C12H25NO2. The number of rotatable bonds is 7. The summed E-state index contributed by atoms with van der Waals surface area (Å²) in [6.07, 6.45) is 1.66. The number of aliphatic carboxylic acids is 1. The van der Waals surface area contributed by atoms with Gasteiger partial charge in [0, 0.05) is 6.04 Å². The number of hydrogen-bond acceptors (Lipinski definition) is 2. The minimum absolute atomic E-state index is 0.296. The molecule has 0 amide bonds. The molecule has 0 aliphatic carbocycles. The zero-order chi connectivity index (χ0) is 12.0. The van der Waals surface area contributed by atoms with Crippen molar-refractivity contribution in [2.24, 2.45) is 11.8 Å². The Hall–Kier alpha value is -0.570.